The number of amides is 3. The Morgan fingerprint density at radius 1 is 0.945 bits per heavy atom. The van der Waals surface area contributed by atoms with E-state index in [4.69, 9.17) is 19.9 Å². The lowest BCUT2D eigenvalue weighted by molar-refractivity contribution is -0.142. The van der Waals surface area contributed by atoms with E-state index >= 15 is 0 Å². The Hall–Kier alpha value is -5.06. The smallest absolute Gasteiger partial charge is 0.408 e. The third-order valence-corrected chi connectivity index (χ3v) is 10.4. The number of carboxylic acids is 1. The zero-order chi connectivity index (χ0) is 41.1. The first-order valence-corrected chi connectivity index (χ1v) is 19.7. The lowest BCUT2D eigenvalue weighted by atomic mass is 9.94. The zero-order valence-corrected chi connectivity index (χ0v) is 33.8. The number of carbonyl (C=O) groups excluding carboxylic acids is 3. The topological polar surface area (TPSA) is 237 Å². The number of aliphatic imine (C=N–C) groups is 1. The van der Waals surface area contributed by atoms with Gasteiger partial charge in [-0.3, -0.25) is 9.79 Å². The Bertz CT molecular complexity index is 1840. The highest BCUT2D eigenvalue weighted by molar-refractivity contribution is 7.90. The van der Waals surface area contributed by atoms with Gasteiger partial charge in [0.25, 0.3) is 10.0 Å². The van der Waals surface area contributed by atoms with Gasteiger partial charge in [0.2, 0.25) is 11.9 Å². The van der Waals surface area contributed by atoms with Crippen LogP contribution in [-0.2, 0) is 42.1 Å². The summed E-state index contributed by atoms with van der Waals surface area (Å²) < 4.78 is 45.9. The molecule has 0 saturated heterocycles. The molecular formula is C38H56N6O10S. The molecule has 2 aromatic carbocycles. The van der Waals surface area contributed by atoms with E-state index < -0.39 is 57.4 Å². The number of alkyl carbamates (subject to hydrolysis) is 2. The Labute approximate surface area is 323 Å². The van der Waals surface area contributed by atoms with Gasteiger partial charge in [-0.25, -0.2) is 27.5 Å². The predicted molar refractivity (Wildman–Crippen MR) is 206 cm³/mol. The molecule has 0 unspecified atom stereocenters. The Kier molecular flexibility index (Phi) is 15.3. The molecule has 2 atom stereocenters. The molecule has 0 radical (unpaired) electrons. The lowest BCUT2D eigenvalue weighted by Crippen LogP contribution is -2.52. The number of fused-ring (bicyclic) bond motifs is 1. The van der Waals surface area contributed by atoms with Gasteiger partial charge in [-0.15, -0.1) is 0 Å². The van der Waals surface area contributed by atoms with E-state index in [0.29, 0.717) is 36.1 Å². The van der Waals surface area contributed by atoms with Crippen molar-refractivity contribution in [1.29, 1.82) is 0 Å². The van der Waals surface area contributed by atoms with Crippen molar-refractivity contribution in [2.75, 3.05) is 13.1 Å². The van der Waals surface area contributed by atoms with Gasteiger partial charge in [-0.1, -0.05) is 30.3 Å². The number of nitrogens with one attached hydrogen (secondary N) is 4. The number of carbonyl (C=O) groups is 4. The van der Waals surface area contributed by atoms with Gasteiger partial charge >= 0.3 is 18.2 Å². The predicted octanol–water partition coefficient (Wildman–Crippen LogP) is 4.26. The van der Waals surface area contributed by atoms with Crippen LogP contribution in [-0.4, -0.2) is 79.9 Å². The molecule has 0 spiro atoms. The Balaban J connectivity index is 1.56. The number of unbranched alkanes of at least 4 members (excludes halogenated alkanes) is 1. The van der Waals surface area contributed by atoms with Gasteiger partial charge in [-0.05, 0) is 110 Å². The van der Waals surface area contributed by atoms with Crippen molar-refractivity contribution in [2.24, 2.45) is 10.7 Å². The number of aliphatic carboxylic acids is 1. The molecule has 1 heterocycles. The maximum Gasteiger partial charge on any atom is 0.408 e. The zero-order valence-electron chi connectivity index (χ0n) is 33.0. The first-order valence-electron chi connectivity index (χ1n) is 18.2. The van der Waals surface area contributed by atoms with Gasteiger partial charge in [0.1, 0.15) is 35.6 Å². The molecule has 0 aromatic heterocycles. The van der Waals surface area contributed by atoms with Crippen LogP contribution in [0.2, 0.25) is 0 Å². The maximum atomic E-state index is 13.5. The Morgan fingerprint density at radius 3 is 2.24 bits per heavy atom. The van der Waals surface area contributed by atoms with Crippen LogP contribution < -0.4 is 31.1 Å². The van der Waals surface area contributed by atoms with E-state index in [1.807, 2.05) is 51.1 Å². The fourth-order valence-corrected chi connectivity index (χ4v) is 7.57. The quantitative estimate of drug-likeness (QED) is 0.0753. The number of sulfonamides is 1. The maximum absolute atomic E-state index is 13.5. The summed E-state index contributed by atoms with van der Waals surface area (Å²) in [7, 11) is -4.13. The molecule has 1 aliphatic rings. The molecule has 0 aliphatic carbocycles. The van der Waals surface area contributed by atoms with Gasteiger partial charge < -0.3 is 41.0 Å². The minimum absolute atomic E-state index is 0.0441. The monoisotopic (exact) mass is 788 g/mol. The highest BCUT2D eigenvalue weighted by Crippen LogP contribution is 2.43. The Morgan fingerprint density at radius 2 is 1.60 bits per heavy atom. The average molecular weight is 789 g/mol. The highest BCUT2D eigenvalue weighted by atomic mass is 32.2. The summed E-state index contributed by atoms with van der Waals surface area (Å²) >= 11 is 0. The second-order valence-electron chi connectivity index (χ2n) is 15.1. The summed E-state index contributed by atoms with van der Waals surface area (Å²) in [5, 5.41) is 17.5. The van der Waals surface area contributed by atoms with Crippen LogP contribution >= 0.6 is 0 Å². The molecular weight excluding hydrogens is 733 g/mol. The highest BCUT2D eigenvalue weighted by Gasteiger charge is 2.37. The number of carboxylic acid groups (broad SMARTS) is 1. The fraction of sp³-hybridized carbons (Fsp3) is 0.553. The number of rotatable bonds is 17. The normalized spacial score (nSPS) is 14.8. The first kappa shape index (κ1) is 44.3. The number of nitrogens with zero attached hydrogens (tertiary/aromatic N) is 1. The summed E-state index contributed by atoms with van der Waals surface area (Å²) in [5.74, 6) is -1.73. The average Bonchev–Trinajstić information content (AvgIpc) is 3.41. The molecule has 1 aliphatic heterocycles. The number of hydrogen-bond donors (Lipinski definition) is 6. The van der Waals surface area contributed by atoms with Crippen molar-refractivity contribution < 1.29 is 46.9 Å². The third-order valence-electron chi connectivity index (χ3n) is 8.76. The second-order valence-corrected chi connectivity index (χ2v) is 16.8. The molecule has 0 fully saturated rings. The minimum Gasteiger partial charge on any atom is -0.487 e. The van der Waals surface area contributed by atoms with E-state index in [2.05, 4.69) is 25.7 Å². The first-order chi connectivity index (χ1) is 25.6. The molecule has 2 aromatic rings. The molecule has 55 heavy (non-hydrogen) atoms. The third kappa shape index (κ3) is 13.6. The fourth-order valence-electron chi connectivity index (χ4n) is 6.05. The van der Waals surface area contributed by atoms with E-state index in [1.165, 1.54) is 0 Å². The van der Waals surface area contributed by atoms with Crippen LogP contribution in [0, 0.1) is 20.8 Å². The van der Waals surface area contributed by atoms with Crippen molar-refractivity contribution >= 4 is 40.0 Å². The van der Waals surface area contributed by atoms with E-state index in [-0.39, 0.29) is 49.8 Å². The molecule has 0 bridgehead atoms. The summed E-state index contributed by atoms with van der Waals surface area (Å²) in [6.07, 6.45) is 0.0745. The number of hydrogen-bond acceptors (Lipinski definition) is 10. The van der Waals surface area contributed by atoms with E-state index in [9.17, 15) is 32.7 Å². The molecule has 3 amide bonds. The van der Waals surface area contributed by atoms with Crippen molar-refractivity contribution in [1.82, 2.24) is 20.7 Å². The van der Waals surface area contributed by atoms with Crippen LogP contribution in [0.4, 0.5) is 9.59 Å². The van der Waals surface area contributed by atoms with Crippen molar-refractivity contribution in [3.63, 3.8) is 0 Å². The lowest BCUT2D eigenvalue weighted by Gasteiger charge is -2.24. The molecule has 17 heteroatoms. The van der Waals surface area contributed by atoms with E-state index in [1.54, 1.807) is 34.6 Å². The van der Waals surface area contributed by atoms with Crippen LogP contribution in [0.3, 0.4) is 0 Å². The SMILES string of the molecule is Cc1c(C)c(S(=O)(=O)NC(N)=NCCC[C@H](NC(=O)[C@H](CCCCNC(=O)OCc2ccccc2)NC(=O)OC(C)(C)C)C(=O)O)c(C)c2c1OC(C)(C)C2. The molecule has 304 valence electrons. The molecule has 0 saturated carbocycles. The van der Waals surface area contributed by atoms with Crippen LogP contribution in [0.5, 0.6) is 5.75 Å². The number of ether oxygens (including phenoxy) is 3. The van der Waals surface area contributed by atoms with Crippen LogP contribution in [0.1, 0.15) is 94.5 Å². The van der Waals surface area contributed by atoms with E-state index in [0.717, 1.165) is 16.7 Å². The van der Waals surface area contributed by atoms with Gasteiger partial charge in [0, 0.05) is 25.1 Å². The summed E-state index contributed by atoms with van der Waals surface area (Å²) in [5.41, 5.74) is 8.14. The summed E-state index contributed by atoms with van der Waals surface area (Å²) in [6, 6.07) is 6.70. The van der Waals surface area contributed by atoms with Crippen molar-refractivity contribution in [3.8, 4) is 5.75 Å². The second kappa shape index (κ2) is 19.0. The van der Waals surface area contributed by atoms with Crippen LogP contribution in [0.25, 0.3) is 0 Å². The summed E-state index contributed by atoms with van der Waals surface area (Å²) in [6.45, 7) is 14.4. The van der Waals surface area contributed by atoms with Crippen molar-refractivity contribution in [2.45, 2.75) is 129 Å². The summed E-state index contributed by atoms with van der Waals surface area (Å²) in [4.78, 5) is 54.2. The number of benzene rings is 2. The molecule has 3 rings (SSSR count). The molecule has 7 N–H and O–H groups in total. The number of nitrogens with two attached hydrogens (primary N) is 1. The van der Waals surface area contributed by atoms with Crippen LogP contribution in [0.15, 0.2) is 40.2 Å². The largest absolute Gasteiger partial charge is 0.487 e. The molecule has 16 nitrogen and oxygen atoms in total. The van der Waals surface area contributed by atoms with Gasteiger partial charge in [0.15, 0.2) is 0 Å². The van der Waals surface area contributed by atoms with Gasteiger partial charge in [0.05, 0.1) is 4.90 Å². The van der Waals surface area contributed by atoms with Crippen molar-refractivity contribution in [3.05, 3.63) is 58.1 Å². The standard InChI is InChI=1S/C38H56N6O10S/c1-23-24(2)31(25(3)27-21-38(7,8)53-30(23)27)55(50,51)44-34(39)40-20-14-18-29(33(46)47)42-32(45)28(43-36(49)54-37(4,5)6)17-12-13-19-41-35(48)52-22-26-15-10-9-11-16-26/h9-11,15-16,28-29H,12-14,17-22H2,1-8H3,(H,41,48)(H,42,45)(H,43,49)(H,46,47)(H3,39,40,44)/t28-,29-/m0/s1. The van der Waals surface area contributed by atoms with Gasteiger partial charge in [-0.2, -0.15) is 0 Å². The number of guanidine groups is 1. The minimum atomic E-state index is -4.13.